The Hall–Kier alpha value is -2.25. The smallest absolute Gasteiger partial charge is 0.361 e. The number of esters is 1. The summed E-state index contributed by atoms with van der Waals surface area (Å²) in [6.45, 7) is 5.34. The molecule has 17 heavy (non-hydrogen) atoms. The zero-order valence-electron chi connectivity index (χ0n) is 9.68. The van der Waals surface area contributed by atoms with Gasteiger partial charge in [-0.1, -0.05) is 0 Å². The summed E-state index contributed by atoms with van der Waals surface area (Å²) in [6.07, 6.45) is 1.45. The number of hydrogen-bond acceptors (Lipinski definition) is 6. The molecule has 0 aliphatic rings. The van der Waals surface area contributed by atoms with Crippen LogP contribution in [0.1, 0.15) is 31.3 Å². The molecule has 0 spiro atoms. The molecule has 2 aromatic heterocycles. The number of ether oxygens (including phenoxy) is 1. The molecule has 0 aromatic carbocycles. The van der Waals surface area contributed by atoms with Gasteiger partial charge in [0.1, 0.15) is 17.0 Å². The van der Waals surface area contributed by atoms with Crippen LogP contribution in [0.4, 0.5) is 0 Å². The van der Waals surface area contributed by atoms with Crippen molar-refractivity contribution in [3.8, 4) is 11.4 Å². The van der Waals surface area contributed by atoms with Crippen molar-refractivity contribution in [3.05, 3.63) is 11.9 Å². The molecule has 0 unspecified atom stereocenters. The van der Waals surface area contributed by atoms with Gasteiger partial charge in [0.05, 0.1) is 6.20 Å². The molecule has 0 aliphatic carbocycles. The molecule has 0 radical (unpaired) electrons. The third-order valence-corrected chi connectivity index (χ3v) is 1.80. The van der Waals surface area contributed by atoms with E-state index in [4.69, 9.17) is 4.74 Å². The van der Waals surface area contributed by atoms with E-state index in [1.807, 2.05) is 0 Å². The maximum Gasteiger partial charge on any atom is 0.361 e. The monoisotopic (exact) mass is 236 g/mol. The molecule has 0 atom stereocenters. The molecule has 2 heterocycles. The fraction of sp³-hybridized carbons (Fsp3) is 0.444. The van der Waals surface area contributed by atoms with E-state index in [-0.39, 0.29) is 5.69 Å². The molecule has 0 saturated carbocycles. The minimum atomic E-state index is -0.586. The number of aromatic amines is 2. The van der Waals surface area contributed by atoms with E-state index in [0.29, 0.717) is 11.4 Å². The highest BCUT2D eigenvalue weighted by atomic mass is 16.6. The fourth-order valence-electron chi connectivity index (χ4n) is 1.19. The predicted octanol–water partition coefficient (Wildman–Crippen LogP) is 0.545. The van der Waals surface area contributed by atoms with Crippen molar-refractivity contribution in [2.75, 3.05) is 0 Å². The van der Waals surface area contributed by atoms with Crippen LogP contribution in [-0.4, -0.2) is 42.4 Å². The van der Waals surface area contributed by atoms with Gasteiger partial charge in [-0.3, -0.25) is 0 Å². The van der Waals surface area contributed by atoms with E-state index in [0.717, 1.165) is 0 Å². The van der Waals surface area contributed by atoms with Crippen LogP contribution in [0, 0.1) is 0 Å². The van der Waals surface area contributed by atoms with Crippen molar-refractivity contribution in [1.82, 2.24) is 30.8 Å². The van der Waals surface area contributed by atoms with E-state index >= 15 is 0 Å². The molecule has 2 aromatic rings. The Balaban J connectivity index is 2.29. The van der Waals surface area contributed by atoms with Gasteiger partial charge in [0.15, 0.2) is 5.69 Å². The van der Waals surface area contributed by atoms with E-state index in [1.54, 1.807) is 20.8 Å². The summed E-state index contributed by atoms with van der Waals surface area (Å²) < 4.78 is 5.20. The summed E-state index contributed by atoms with van der Waals surface area (Å²) in [5.74, 6) is -0.552. The third-order valence-electron chi connectivity index (χ3n) is 1.80. The highest BCUT2D eigenvalue weighted by Crippen LogP contribution is 2.18. The number of aromatic nitrogens is 6. The first-order chi connectivity index (χ1) is 7.97. The molecular weight excluding hydrogens is 224 g/mol. The number of rotatable bonds is 2. The second kappa shape index (κ2) is 3.96. The van der Waals surface area contributed by atoms with Crippen molar-refractivity contribution in [1.29, 1.82) is 0 Å². The molecule has 90 valence electrons. The summed E-state index contributed by atoms with van der Waals surface area (Å²) >= 11 is 0. The highest BCUT2D eigenvalue weighted by Gasteiger charge is 2.25. The Morgan fingerprint density at radius 3 is 2.59 bits per heavy atom. The zero-order chi connectivity index (χ0) is 12.5. The number of nitrogens with one attached hydrogen (secondary N) is 2. The molecule has 0 saturated heterocycles. The van der Waals surface area contributed by atoms with Crippen molar-refractivity contribution < 1.29 is 9.53 Å². The van der Waals surface area contributed by atoms with Crippen LogP contribution in [-0.2, 0) is 4.74 Å². The number of carbonyl (C=O) groups is 1. The lowest BCUT2D eigenvalue weighted by atomic mass is 10.2. The average Bonchev–Trinajstić information content (AvgIpc) is 2.85. The zero-order valence-corrected chi connectivity index (χ0v) is 9.68. The van der Waals surface area contributed by atoms with E-state index in [9.17, 15) is 4.79 Å². The largest absolute Gasteiger partial charge is 0.455 e. The lowest BCUT2D eigenvalue weighted by Crippen LogP contribution is -2.24. The van der Waals surface area contributed by atoms with Crippen molar-refractivity contribution in [3.63, 3.8) is 0 Å². The van der Waals surface area contributed by atoms with Crippen molar-refractivity contribution >= 4 is 5.97 Å². The Labute approximate surface area is 96.8 Å². The Bertz CT molecular complexity index is 510. The molecule has 2 rings (SSSR count). The van der Waals surface area contributed by atoms with Gasteiger partial charge in [-0.15, -0.1) is 5.10 Å². The summed E-state index contributed by atoms with van der Waals surface area (Å²) in [7, 11) is 0. The molecule has 2 N–H and O–H groups in total. The van der Waals surface area contributed by atoms with Gasteiger partial charge in [-0.2, -0.15) is 25.7 Å². The second-order valence-electron chi connectivity index (χ2n) is 4.38. The van der Waals surface area contributed by atoms with Crippen LogP contribution in [0.25, 0.3) is 11.4 Å². The Morgan fingerprint density at radius 2 is 2.00 bits per heavy atom. The van der Waals surface area contributed by atoms with E-state index in [1.165, 1.54) is 6.20 Å². The second-order valence-corrected chi connectivity index (χ2v) is 4.38. The first-order valence-electron chi connectivity index (χ1n) is 4.97. The van der Waals surface area contributed by atoms with Gasteiger partial charge in [0.25, 0.3) is 0 Å². The maximum atomic E-state index is 11.8. The van der Waals surface area contributed by atoms with Gasteiger partial charge >= 0.3 is 5.97 Å². The average molecular weight is 236 g/mol. The summed E-state index contributed by atoms with van der Waals surface area (Å²) in [4.78, 5) is 11.8. The number of hydrogen-bond donors (Lipinski definition) is 2. The maximum absolute atomic E-state index is 11.8. The predicted molar refractivity (Wildman–Crippen MR) is 56.9 cm³/mol. The van der Waals surface area contributed by atoms with Gasteiger partial charge in [0.2, 0.25) is 0 Å². The van der Waals surface area contributed by atoms with Gasteiger partial charge in [-0.25, -0.2) is 4.79 Å². The van der Waals surface area contributed by atoms with E-state index in [2.05, 4.69) is 30.8 Å². The molecule has 8 heteroatoms. The van der Waals surface area contributed by atoms with Gasteiger partial charge < -0.3 is 4.74 Å². The standard InChI is InChI=1S/C9H12N6O2/c1-9(2,3)17-8(16)7-6(12-15-13-7)5-4-10-14-11-5/h4H,1-3H3,(H,10,11,14)(H,12,13,15). The number of nitrogens with zero attached hydrogens (tertiary/aromatic N) is 4. The van der Waals surface area contributed by atoms with Crippen LogP contribution in [0.5, 0.6) is 0 Å². The van der Waals surface area contributed by atoms with Crippen LogP contribution in [0.3, 0.4) is 0 Å². The SMILES string of the molecule is CC(C)(C)OC(=O)c1n[nH]nc1-c1cn[nH]n1. The lowest BCUT2D eigenvalue weighted by molar-refractivity contribution is 0.00637. The van der Waals surface area contributed by atoms with Crippen LogP contribution < -0.4 is 0 Å². The van der Waals surface area contributed by atoms with Crippen LogP contribution in [0.15, 0.2) is 6.20 Å². The molecular formula is C9H12N6O2. The van der Waals surface area contributed by atoms with Gasteiger partial charge in [-0.05, 0) is 20.8 Å². The number of carbonyl (C=O) groups excluding carboxylic acids is 1. The molecule has 0 aliphatic heterocycles. The molecule has 0 amide bonds. The Kier molecular flexibility index (Phi) is 2.62. The van der Waals surface area contributed by atoms with E-state index < -0.39 is 11.6 Å². The fourth-order valence-corrected chi connectivity index (χ4v) is 1.19. The minimum Gasteiger partial charge on any atom is -0.455 e. The van der Waals surface area contributed by atoms with Crippen molar-refractivity contribution in [2.45, 2.75) is 26.4 Å². The summed E-state index contributed by atoms with van der Waals surface area (Å²) in [6, 6.07) is 0. The minimum absolute atomic E-state index is 0.0915. The quantitative estimate of drug-likeness (QED) is 0.736. The normalized spacial score (nSPS) is 11.5. The van der Waals surface area contributed by atoms with Gasteiger partial charge in [0, 0.05) is 0 Å². The lowest BCUT2D eigenvalue weighted by Gasteiger charge is -2.18. The number of H-pyrrole nitrogens is 2. The van der Waals surface area contributed by atoms with Crippen LogP contribution >= 0.6 is 0 Å². The first-order valence-corrected chi connectivity index (χ1v) is 4.97. The molecule has 0 fully saturated rings. The van der Waals surface area contributed by atoms with Crippen LogP contribution in [0.2, 0.25) is 0 Å². The summed E-state index contributed by atoms with van der Waals surface area (Å²) in [5, 5.41) is 19.9. The first kappa shape index (κ1) is 11.2. The Morgan fingerprint density at radius 1 is 1.24 bits per heavy atom. The van der Waals surface area contributed by atoms with Crippen molar-refractivity contribution in [2.24, 2.45) is 0 Å². The third kappa shape index (κ3) is 2.47. The highest BCUT2D eigenvalue weighted by molar-refractivity contribution is 5.93. The summed E-state index contributed by atoms with van der Waals surface area (Å²) in [5.41, 5.74) is 0.248. The topological polar surface area (TPSA) is 109 Å². The molecule has 8 nitrogen and oxygen atoms in total. The molecule has 0 bridgehead atoms.